The molecule has 2 heteroatoms. The van der Waals surface area contributed by atoms with Gasteiger partial charge in [-0.05, 0) is 31.6 Å². The third-order valence-electron chi connectivity index (χ3n) is 3.71. The Balaban J connectivity index is 1.71. The highest BCUT2D eigenvalue weighted by atomic mass is 16.5. The van der Waals surface area contributed by atoms with Gasteiger partial charge in [0.05, 0.1) is 6.10 Å². The molecule has 2 fully saturated rings. The molecular weight excluding hydrogens is 162 g/mol. The van der Waals surface area contributed by atoms with E-state index in [9.17, 15) is 0 Å². The first kappa shape index (κ1) is 9.47. The van der Waals surface area contributed by atoms with Gasteiger partial charge in [0.1, 0.15) is 0 Å². The molecule has 1 saturated heterocycles. The van der Waals surface area contributed by atoms with E-state index in [1.54, 1.807) is 0 Å². The largest absolute Gasteiger partial charge is 0.379 e. The van der Waals surface area contributed by atoms with Crippen molar-refractivity contribution in [3.8, 4) is 0 Å². The van der Waals surface area contributed by atoms with Crippen molar-refractivity contribution < 1.29 is 4.74 Å². The number of methoxy groups -OCH3 is 1. The zero-order valence-corrected chi connectivity index (χ0v) is 8.83. The van der Waals surface area contributed by atoms with Crippen molar-refractivity contribution in [2.45, 2.75) is 44.8 Å². The highest BCUT2D eigenvalue weighted by molar-refractivity contribution is 4.88. The quantitative estimate of drug-likeness (QED) is 0.648. The summed E-state index contributed by atoms with van der Waals surface area (Å²) in [7, 11) is 1.82. The van der Waals surface area contributed by atoms with Gasteiger partial charge in [-0.25, -0.2) is 0 Å². The van der Waals surface area contributed by atoms with Crippen LogP contribution in [0.3, 0.4) is 0 Å². The number of hydrogen-bond acceptors (Lipinski definition) is 2. The van der Waals surface area contributed by atoms with Crippen LogP contribution in [0.5, 0.6) is 0 Å². The molecular formula is C11H21NO. The van der Waals surface area contributed by atoms with Crippen molar-refractivity contribution in [1.29, 1.82) is 0 Å². The lowest BCUT2D eigenvalue weighted by atomic mass is 9.85. The molecule has 0 radical (unpaired) electrons. The van der Waals surface area contributed by atoms with E-state index in [4.69, 9.17) is 4.74 Å². The molecule has 0 aromatic heterocycles. The minimum atomic E-state index is 0.527. The van der Waals surface area contributed by atoms with Gasteiger partial charge >= 0.3 is 0 Å². The van der Waals surface area contributed by atoms with Gasteiger partial charge in [0.2, 0.25) is 0 Å². The average molecular weight is 183 g/mol. The highest BCUT2D eigenvalue weighted by Crippen LogP contribution is 2.29. The van der Waals surface area contributed by atoms with E-state index in [1.165, 1.54) is 38.8 Å². The second-order valence-electron chi connectivity index (χ2n) is 4.73. The lowest BCUT2D eigenvalue weighted by Gasteiger charge is -2.45. The predicted octanol–water partition coefficient (Wildman–Crippen LogP) is 1.90. The molecule has 1 heterocycles. The van der Waals surface area contributed by atoms with Gasteiger partial charge in [-0.3, -0.25) is 4.90 Å². The van der Waals surface area contributed by atoms with Gasteiger partial charge in [-0.15, -0.1) is 0 Å². The van der Waals surface area contributed by atoms with Gasteiger partial charge in [0.15, 0.2) is 0 Å². The normalized spacial score (nSPS) is 37.4. The molecule has 2 nitrogen and oxygen atoms in total. The standard InChI is InChI=1S/C11H21NO/c1-9-3-5-10(6-4-9)12-7-11(8-12)13-2/h9-11H,3-8H2,1-2H3. The summed E-state index contributed by atoms with van der Waals surface area (Å²) in [6.45, 7) is 4.73. The minimum absolute atomic E-state index is 0.527. The minimum Gasteiger partial charge on any atom is -0.379 e. The third-order valence-corrected chi connectivity index (χ3v) is 3.71. The van der Waals surface area contributed by atoms with Crippen LogP contribution in [0.15, 0.2) is 0 Å². The smallest absolute Gasteiger partial charge is 0.0825 e. The van der Waals surface area contributed by atoms with E-state index in [-0.39, 0.29) is 0 Å². The second-order valence-corrected chi connectivity index (χ2v) is 4.73. The van der Waals surface area contributed by atoms with Gasteiger partial charge in [0, 0.05) is 26.2 Å². The summed E-state index contributed by atoms with van der Waals surface area (Å²) in [4.78, 5) is 2.60. The van der Waals surface area contributed by atoms with Crippen LogP contribution in [0.4, 0.5) is 0 Å². The summed E-state index contributed by atoms with van der Waals surface area (Å²) in [6, 6.07) is 0.877. The van der Waals surface area contributed by atoms with Crippen molar-refractivity contribution in [3.05, 3.63) is 0 Å². The van der Waals surface area contributed by atoms with E-state index < -0.39 is 0 Å². The number of ether oxygens (including phenoxy) is 1. The Morgan fingerprint density at radius 2 is 1.69 bits per heavy atom. The number of rotatable bonds is 2. The van der Waals surface area contributed by atoms with Crippen molar-refractivity contribution in [2.75, 3.05) is 20.2 Å². The number of likely N-dealkylation sites (tertiary alicyclic amines) is 1. The van der Waals surface area contributed by atoms with E-state index in [0.29, 0.717) is 6.10 Å². The Labute approximate surface area is 81.3 Å². The van der Waals surface area contributed by atoms with Gasteiger partial charge < -0.3 is 4.74 Å². The number of nitrogens with zero attached hydrogens (tertiary/aromatic N) is 1. The Morgan fingerprint density at radius 1 is 1.08 bits per heavy atom. The van der Waals surface area contributed by atoms with Crippen molar-refractivity contribution in [3.63, 3.8) is 0 Å². The lowest BCUT2D eigenvalue weighted by Crippen LogP contribution is -2.56. The fraction of sp³-hybridized carbons (Fsp3) is 1.00. The van der Waals surface area contributed by atoms with E-state index in [1.807, 2.05) is 7.11 Å². The van der Waals surface area contributed by atoms with Crippen LogP contribution < -0.4 is 0 Å². The summed E-state index contributed by atoms with van der Waals surface area (Å²) < 4.78 is 5.29. The van der Waals surface area contributed by atoms with Crippen LogP contribution in [0.25, 0.3) is 0 Å². The average Bonchev–Trinajstić information content (AvgIpc) is 2.06. The maximum Gasteiger partial charge on any atom is 0.0825 e. The molecule has 0 aromatic carbocycles. The van der Waals surface area contributed by atoms with E-state index in [0.717, 1.165) is 12.0 Å². The Bertz CT molecular complexity index is 157. The SMILES string of the molecule is COC1CN(C2CCC(C)CC2)C1. The van der Waals surface area contributed by atoms with Gasteiger partial charge in [-0.2, -0.15) is 0 Å². The first-order chi connectivity index (χ1) is 6.29. The van der Waals surface area contributed by atoms with Gasteiger partial charge in [0.25, 0.3) is 0 Å². The first-order valence-electron chi connectivity index (χ1n) is 5.56. The zero-order valence-electron chi connectivity index (χ0n) is 8.83. The fourth-order valence-corrected chi connectivity index (χ4v) is 2.52. The molecule has 0 unspecified atom stereocenters. The summed E-state index contributed by atoms with van der Waals surface area (Å²) >= 11 is 0. The van der Waals surface area contributed by atoms with Crippen LogP contribution in [0.2, 0.25) is 0 Å². The fourth-order valence-electron chi connectivity index (χ4n) is 2.52. The summed E-state index contributed by atoms with van der Waals surface area (Å²) in [5.74, 6) is 0.968. The molecule has 0 atom stereocenters. The molecule has 0 amide bonds. The molecule has 1 saturated carbocycles. The lowest BCUT2D eigenvalue weighted by molar-refractivity contribution is -0.0591. The number of hydrogen-bond donors (Lipinski definition) is 0. The molecule has 2 rings (SSSR count). The third kappa shape index (κ3) is 2.05. The summed E-state index contributed by atoms with van der Waals surface area (Å²) in [5.41, 5.74) is 0. The van der Waals surface area contributed by atoms with Crippen molar-refractivity contribution in [1.82, 2.24) is 4.90 Å². The second kappa shape index (κ2) is 3.97. The Morgan fingerprint density at radius 3 is 2.23 bits per heavy atom. The van der Waals surface area contributed by atoms with E-state index >= 15 is 0 Å². The molecule has 1 aliphatic heterocycles. The molecule has 0 spiro atoms. The molecule has 0 aromatic rings. The van der Waals surface area contributed by atoms with Crippen LogP contribution in [0, 0.1) is 5.92 Å². The predicted molar refractivity (Wildman–Crippen MR) is 53.8 cm³/mol. The molecule has 2 aliphatic rings. The molecule has 76 valence electrons. The molecule has 0 N–H and O–H groups in total. The molecule has 1 aliphatic carbocycles. The first-order valence-corrected chi connectivity index (χ1v) is 5.56. The highest BCUT2D eigenvalue weighted by Gasteiger charge is 2.33. The maximum atomic E-state index is 5.29. The monoisotopic (exact) mass is 183 g/mol. The van der Waals surface area contributed by atoms with Gasteiger partial charge in [-0.1, -0.05) is 6.92 Å². The molecule has 13 heavy (non-hydrogen) atoms. The Hall–Kier alpha value is -0.0800. The van der Waals surface area contributed by atoms with E-state index in [2.05, 4.69) is 11.8 Å². The summed E-state index contributed by atoms with van der Waals surface area (Å²) in [5, 5.41) is 0. The van der Waals surface area contributed by atoms with Crippen LogP contribution >= 0.6 is 0 Å². The topological polar surface area (TPSA) is 12.5 Å². The Kier molecular flexibility index (Phi) is 2.89. The van der Waals surface area contributed by atoms with Crippen molar-refractivity contribution >= 4 is 0 Å². The maximum absolute atomic E-state index is 5.29. The van der Waals surface area contributed by atoms with Crippen LogP contribution in [-0.4, -0.2) is 37.2 Å². The van der Waals surface area contributed by atoms with Crippen LogP contribution in [0.1, 0.15) is 32.6 Å². The zero-order chi connectivity index (χ0) is 9.26. The molecule has 0 bridgehead atoms. The summed E-state index contributed by atoms with van der Waals surface area (Å²) in [6.07, 6.45) is 6.21. The van der Waals surface area contributed by atoms with Crippen molar-refractivity contribution in [2.24, 2.45) is 5.92 Å². The van der Waals surface area contributed by atoms with Crippen LogP contribution in [-0.2, 0) is 4.74 Å².